The van der Waals surface area contributed by atoms with Crippen molar-refractivity contribution in [1.29, 1.82) is 0 Å². The summed E-state index contributed by atoms with van der Waals surface area (Å²) in [5, 5.41) is 3.75. The van der Waals surface area contributed by atoms with Crippen LogP contribution in [0.1, 0.15) is 57.9 Å². The van der Waals surface area contributed by atoms with Crippen LogP contribution in [0, 0.1) is 5.92 Å². The minimum atomic E-state index is 0.118. The molecular weight excluding hydrogens is 388 g/mol. The first-order valence-electron chi connectivity index (χ1n) is 12.1. The van der Waals surface area contributed by atoms with Gasteiger partial charge in [-0.15, -0.1) is 0 Å². The lowest BCUT2D eigenvalue weighted by molar-refractivity contribution is -0.135. The minimum absolute atomic E-state index is 0.118. The highest BCUT2D eigenvalue weighted by molar-refractivity contribution is 5.81. The number of benzene rings is 1. The molecule has 1 aromatic carbocycles. The second kappa shape index (κ2) is 12.4. The van der Waals surface area contributed by atoms with Crippen molar-refractivity contribution < 1.29 is 14.3 Å². The summed E-state index contributed by atoms with van der Waals surface area (Å²) in [7, 11) is 1.75. The Morgan fingerprint density at radius 1 is 1.19 bits per heavy atom. The van der Waals surface area contributed by atoms with Crippen molar-refractivity contribution in [3.8, 4) is 0 Å². The molecule has 2 aliphatic heterocycles. The molecule has 4 rings (SSSR count). The Balaban J connectivity index is 0.000000858. The van der Waals surface area contributed by atoms with E-state index in [4.69, 9.17) is 9.47 Å². The first-order valence-corrected chi connectivity index (χ1v) is 12.1. The Hall–Kier alpha value is -1.69. The van der Waals surface area contributed by atoms with Crippen LogP contribution in [-0.4, -0.2) is 62.4 Å². The van der Waals surface area contributed by atoms with E-state index in [1.807, 2.05) is 11.0 Å². The smallest absolute Gasteiger partial charge is 0.226 e. The largest absolute Gasteiger partial charge is 0.379 e. The van der Waals surface area contributed by atoms with Crippen LogP contribution >= 0.6 is 0 Å². The number of hydrogen-bond acceptors (Lipinski definition) is 4. The number of carbonyl (C=O) groups excluding carboxylic acids is 1. The molecule has 1 N–H and O–H groups in total. The predicted octanol–water partition coefficient (Wildman–Crippen LogP) is 4.28. The molecular formula is C26H40N2O3. The Bertz CT molecular complexity index is 706. The minimum Gasteiger partial charge on any atom is -0.379 e. The Kier molecular flexibility index (Phi) is 9.56. The summed E-state index contributed by atoms with van der Waals surface area (Å²) in [4.78, 5) is 15.1. The van der Waals surface area contributed by atoms with E-state index >= 15 is 0 Å². The quantitative estimate of drug-likeness (QED) is 0.761. The number of amides is 1. The van der Waals surface area contributed by atoms with Crippen LogP contribution in [0.25, 0.3) is 5.57 Å². The molecule has 172 valence electrons. The summed E-state index contributed by atoms with van der Waals surface area (Å²) in [6, 6.07) is 11.2. The molecule has 5 nitrogen and oxygen atoms in total. The van der Waals surface area contributed by atoms with E-state index in [0.29, 0.717) is 24.6 Å². The van der Waals surface area contributed by atoms with Crippen molar-refractivity contribution in [3.05, 3.63) is 42.0 Å². The van der Waals surface area contributed by atoms with E-state index in [2.05, 4.69) is 49.5 Å². The van der Waals surface area contributed by atoms with Crippen molar-refractivity contribution in [2.45, 2.75) is 70.6 Å². The fraction of sp³-hybridized carbons (Fsp3) is 0.654. The van der Waals surface area contributed by atoms with E-state index in [9.17, 15) is 4.79 Å². The SMILES string of the molecule is CCC.COC1COCCC1N[C@@H]1CCC(C(=O)N2CC=C(c3ccccc3)CC2)C1. The molecule has 1 aromatic rings. The maximum Gasteiger partial charge on any atom is 0.226 e. The third kappa shape index (κ3) is 6.64. The molecule has 0 aromatic heterocycles. The second-order valence-electron chi connectivity index (χ2n) is 8.95. The summed E-state index contributed by atoms with van der Waals surface area (Å²) in [5.74, 6) is 0.493. The Morgan fingerprint density at radius 2 is 1.97 bits per heavy atom. The van der Waals surface area contributed by atoms with Gasteiger partial charge in [-0.25, -0.2) is 0 Å². The van der Waals surface area contributed by atoms with Crippen LogP contribution in [0.4, 0.5) is 0 Å². The fourth-order valence-electron chi connectivity index (χ4n) is 4.84. The molecule has 1 aliphatic carbocycles. The Labute approximate surface area is 188 Å². The van der Waals surface area contributed by atoms with E-state index in [1.54, 1.807) is 7.11 Å². The first-order chi connectivity index (χ1) is 15.2. The van der Waals surface area contributed by atoms with Crippen LogP contribution in [-0.2, 0) is 14.3 Å². The highest BCUT2D eigenvalue weighted by Crippen LogP contribution is 2.30. The normalized spacial score (nSPS) is 28.5. The third-order valence-corrected chi connectivity index (χ3v) is 6.50. The molecule has 31 heavy (non-hydrogen) atoms. The molecule has 3 unspecified atom stereocenters. The maximum absolute atomic E-state index is 13.0. The highest BCUT2D eigenvalue weighted by Gasteiger charge is 2.35. The van der Waals surface area contributed by atoms with Crippen molar-refractivity contribution in [1.82, 2.24) is 10.2 Å². The molecule has 0 bridgehead atoms. The van der Waals surface area contributed by atoms with Crippen LogP contribution in [0.5, 0.6) is 0 Å². The van der Waals surface area contributed by atoms with Gasteiger partial charge in [0.25, 0.3) is 0 Å². The summed E-state index contributed by atoms with van der Waals surface area (Å²) in [6.45, 7) is 7.27. The first kappa shape index (κ1) is 24.0. The molecule has 3 aliphatic rings. The van der Waals surface area contributed by atoms with Gasteiger partial charge in [0.2, 0.25) is 5.91 Å². The second-order valence-corrected chi connectivity index (χ2v) is 8.95. The van der Waals surface area contributed by atoms with Crippen LogP contribution in [0.3, 0.4) is 0 Å². The number of hydrogen-bond donors (Lipinski definition) is 1. The lowest BCUT2D eigenvalue weighted by Gasteiger charge is -2.33. The number of ether oxygens (including phenoxy) is 2. The van der Waals surface area contributed by atoms with Crippen molar-refractivity contribution in [2.24, 2.45) is 5.92 Å². The van der Waals surface area contributed by atoms with Crippen LogP contribution < -0.4 is 5.32 Å². The van der Waals surface area contributed by atoms with Gasteiger partial charge in [0.15, 0.2) is 0 Å². The molecule has 1 saturated carbocycles. The summed E-state index contributed by atoms with van der Waals surface area (Å²) in [5.41, 5.74) is 2.64. The third-order valence-electron chi connectivity index (χ3n) is 6.50. The van der Waals surface area contributed by atoms with Crippen molar-refractivity contribution >= 4 is 11.5 Å². The molecule has 0 spiro atoms. The zero-order chi connectivity index (χ0) is 22.1. The van der Waals surface area contributed by atoms with Crippen molar-refractivity contribution in [2.75, 3.05) is 33.4 Å². The van der Waals surface area contributed by atoms with E-state index < -0.39 is 0 Å². The van der Waals surface area contributed by atoms with Gasteiger partial charge in [-0.3, -0.25) is 4.79 Å². The van der Waals surface area contributed by atoms with E-state index in [0.717, 1.165) is 51.8 Å². The van der Waals surface area contributed by atoms with Gasteiger partial charge in [0.05, 0.1) is 12.7 Å². The average Bonchev–Trinajstić information content (AvgIpc) is 3.29. The molecule has 2 heterocycles. The van der Waals surface area contributed by atoms with Crippen molar-refractivity contribution in [3.63, 3.8) is 0 Å². The molecule has 4 atom stereocenters. The monoisotopic (exact) mass is 428 g/mol. The zero-order valence-electron chi connectivity index (χ0n) is 19.5. The van der Waals surface area contributed by atoms with E-state index in [-0.39, 0.29) is 12.0 Å². The summed E-state index contributed by atoms with van der Waals surface area (Å²) in [6.07, 6.45) is 8.53. The average molecular weight is 429 g/mol. The molecule has 2 fully saturated rings. The van der Waals surface area contributed by atoms with Gasteiger partial charge in [-0.05, 0) is 43.2 Å². The summed E-state index contributed by atoms with van der Waals surface area (Å²) < 4.78 is 11.1. The molecule has 0 radical (unpaired) electrons. The number of nitrogens with zero attached hydrogens (tertiary/aromatic N) is 1. The fourth-order valence-corrected chi connectivity index (χ4v) is 4.84. The number of carbonyl (C=O) groups is 1. The molecule has 1 saturated heterocycles. The predicted molar refractivity (Wildman–Crippen MR) is 126 cm³/mol. The van der Waals surface area contributed by atoms with Gasteiger partial charge in [0, 0.05) is 44.8 Å². The standard InChI is InChI=1S/C23H32N2O3.C3H8/c1-27-22-16-28-14-11-21(22)24-20-8-7-19(15-20)23(26)25-12-9-18(10-13-25)17-5-3-2-4-6-17;1-3-2/h2-6,9,19-22,24H,7-8,10-16H2,1H3;3H2,1-2H3/t19?,20-,21?,22?;/m1./s1. The van der Waals surface area contributed by atoms with Crippen LogP contribution in [0.2, 0.25) is 0 Å². The van der Waals surface area contributed by atoms with Gasteiger partial charge in [-0.2, -0.15) is 0 Å². The van der Waals surface area contributed by atoms with Crippen LogP contribution in [0.15, 0.2) is 36.4 Å². The number of rotatable bonds is 5. The maximum atomic E-state index is 13.0. The van der Waals surface area contributed by atoms with Gasteiger partial charge in [-0.1, -0.05) is 56.7 Å². The van der Waals surface area contributed by atoms with Gasteiger partial charge in [0.1, 0.15) is 0 Å². The number of nitrogens with one attached hydrogen (secondary N) is 1. The van der Waals surface area contributed by atoms with Gasteiger partial charge >= 0.3 is 0 Å². The topological polar surface area (TPSA) is 50.8 Å². The Morgan fingerprint density at radius 3 is 2.65 bits per heavy atom. The number of methoxy groups -OCH3 is 1. The molecule has 1 amide bonds. The summed E-state index contributed by atoms with van der Waals surface area (Å²) >= 11 is 0. The van der Waals surface area contributed by atoms with E-state index in [1.165, 1.54) is 17.6 Å². The lowest BCUT2D eigenvalue weighted by Crippen LogP contribution is -2.50. The lowest BCUT2D eigenvalue weighted by atomic mass is 9.98. The molecule has 5 heteroatoms. The highest BCUT2D eigenvalue weighted by atomic mass is 16.5. The van der Waals surface area contributed by atoms with Gasteiger partial charge < -0.3 is 19.7 Å². The zero-order valence-corrected chi connectivity index (χ0v) is 19.5.